The number of carboxylic acids is 1. The molecule has 2 N–H and O–H groups in total. The lowest BCUT2D eigenvalue weighted by Gasteiger charge is -2.37. The number of methoxy groups -OCH3 is 1. The lowest BCUT2D eigenvalue weighted by atomic mass is 9.86. The Labute approximate surface area is 212 Å². The third kappa shape index (κ3) is 6.45. The van der Waals surface area contributed by atoms with E-state index in [0.29, 0.717) is 23.0 Å². The molecule has 7 nitrogen and oxygen atoms in total. The summed E-state index contributed by atoms with van der Waals surface area (Å²) < 4.78 is 75.9. The van der Waals surface area contributed by atoms with Gasteiger partial charge in [0.15, 0.2) is 28.4 Å². The lowest BCUT2D eigenvalue weighted by Crippen LogP contribution is -2.47. The van der Waals surface area contributed by atoms with Crippen molar-refractivity contribution in [3.05, 3.63) is 40.8 Å². The van der Waals surface area contributed by atoms with Crippen LogP contribution in [0.15, 0.2) is 10.4 Å². The third-order valence-corrected chi connectivity index (χ3v) is 8.03. The minimum absolute atomic E-state index is 0.160. The minimum atomic E-state index is -2.28. The zero-order valence-electron chi connectivity index (χ0n) is 19.3. The van der Waals surface area contributed by atoms with Crippen molar-refractivity contribution in [1.82, 2.24) is 9.88 Å². The van der Waals surface area contributed by atoms with Gasteiger partial charge in [-0.1, -0.05) is 18.3 Å². The monoisotopic (exact) mass is 553 g/mol. The Hall–Kier alpha value is -2.45. The van der Waals surface area contributed by atoms with Crippen LogP contribution in [0.4, 0.5) is 31.9 Å². The first-order valence-corrected chi connectivity index (χ1v) is 12.8. The van der Waals surface area contributed by atoms with Crippen molar-refractivity contribution < 1.29 is 41.4 Å². The van der Waals surface area contributed by atoms with Gasteiger partial charge in [-0.3, -0.25) is 10.1 Å². The van der Waals surface area contributed by atoms with Gasteiger partial charge in [-0.15, -0.1) is 11.8 Å². The predicted octanol–water partition coefficient (Wildman–Crippen LogP) is 5.82. The molecule has 36 heavy (non-hydrogen) atoms. The van der Waals surface area contributed by atoms with Crippen molar-refractivity contribution in [3.8, 4) is 0 Å². The molecule has 0 saturated heterocycles. The van der Waals surface area contributed by atoms with Crippen LogP contribution < -0.4 is 5.32 Å². The predicted molar refractivity (Wildman–Crippen MR) is 124 cm³/mol. The maximum absolute atomic E-state index is 14.5. The maximum Gasteiger partial charge on any atom is 0.323 e. The molecule has 2 amide bonds. The van der Waals surface area contributed by atoms with Crippen LogP contribution in [0.2, 0.25) is 0 Å². The number of halogens is 5. The van der Waals surface area contributed by atoms with E-state index in [4.69, 9.17) is 9.84 Å². The summed E-state index contributed by atoms with van der Waals surface area (Å²) in [6, 6.07) is -1.06. The second-order valence-electron chi connectivity index (χ2n) is 8.37. The highest BCUT2D eigenvalue weighted by Crippen LogP contribution is 2.34. The molecular formula is C22H24F5N3O4S2. The molecular weight excluding hydrogens is 529 g/mol. The molecule has 1 saturated carbocycles. The first-order chi connectivity index (χ1) is 17.0. The van der Waals surface area contributed by atoms with E-state index in [9.17, 15) is 31.5 Å². The fourth-order valence-electron chi connectivity index (χ4n) is 4.00. The largest absolute Gasteiger partial charge is 0.481 e. The molecule has 1 aliphatic carbocycles. The van der Waals surface area contributed by atoms with Gasteiger partial charge >= 0.3 is 12.0 Å². The van der Waals surface area contributed by atoms with Crippen molar-refractivity contribution >= 4 is 40.2 Å². The Bertz CT molecular complexity index is 1080. The number of benzene rings is 1. The summed E-state index contributed by atoms with van der Waals surface area (Å²) in [5.41, 5.74) is -1.16. The van der Waals surface area contributed by atoms with Gasteiger partial charge in [0.1, 0.15) is 6.10 Å². The first-order valence-electron chi connectivity index (χ1n) is 11.0. The number of aromatic nitrogens is 1. The number of rotatable bonds is 9. The fourth-order valence-corrected chi connectivity index (χ4v) is 5.58. The van der Waals surface area contributed by atoms with Crippen molar-refractivity contribution in [2.75, 3.05) is 24.7 Å². The van der Waals surface area contributed by atoms with Gasteiger partial charge < -0.3 is 14.7 Å². The highest BCUT2D eigenvalue weighted by atomic mass is 32.2. The van der Waals surface area contributed by atoms with Crippen LogP contribution in [0.25, 0.3) is 0 Å². The van der Waals surface area contributed by atoms with E-state index in [1.807, 2.05) is 0 Å². The Balaban J connectivity index is 1.87. The van der Waals surface area contributed by atoms with E-state index in [1.165, 1.54) is 11.1 Å². The molecule has 1 aliphatic rings. The number of thiazole rings is 1. The molecule has 1 aromatic heterocycles. The highest BCUT2D eigenvalue weighted by molar-refractivity contribution is 8.01. The molecule has 0 aliphatic heterocycles. The molecule has 0 bridgehead atoms. The third-order valence-electron chi connectivity index (χ3n) is 5.94. The van der Waals surface area contributed by atoms with Crippen LogP contribution in [0.1, 0.15) is 44.3 Å². The van der Waals surface area contributed by atoms with Gasteiger partial charge in [0.2, 0.25) is 5.82 Å². The number of anilines is 1. The van der Waals surface area contributed by atoms with Gasteiger partial charge in [-0.2, -0.15) is 0 Å². The van der Waals surface area contributed by atoms with E-state index in [0.717, 1.165) is 43.1 Å². The topological polar surface area (TPSA) is 91.8 Å². The van der Waals surface area contributed by atoms with Crippen LogP contribution in [-0.4, -0.2) is 52.4 Å². The molecule has 14 heteroatoms. The van der Waals surface area contributed by atoms with Gasteiger partial charge in [-0.05, 0) is 31.6 Å². The Morgan fingerprint density at radius 2 is 1.72 bits per heavy atom. The number of carboxylic acid groups (broad SMARTS) is 1. The smallest absolute Gasteiger partial charge is 0.323 e. The molecule has 1 heterocycles. The van der Waals surface area contributed by atoms with Gasteiger partial charge in [-0.25, -0.2) is 31.7 Å². The summed E-state index contributed by atoms with van der Waals surface area (Å²) in [6.45, 7) is 1.57. The fraction of sp³-hybridized carbons (Fsp3) is 0.500. The number of hydrogen-bond donors (Lipinski definition) is 2. The van der Waals surface area contributed by atoms with Crippen molar-refractivity contribution in [3.63, 3.8) is 0 Å². The second kappa shape index (κ2) is 12.2. The zero-order valence-corrected chi connectivity index (χ0v) is 21.0. The second-order valence-corrected chi connectivity index (χ2v) is 10.7. The maximum atomic E-state index is 14.5. The SMILES string of the molecule is COC(CN(C(=O)Nc1ncc(SCC(=O)O)s1)C1CCC(C)CC1)c1c(F)c(F)c(F)c(F)c1F. The average Bonchev–Trinajstić information content (AvgIpc) is 3.30. The highest BCUT2D eigenvalue weighted by Gasteiger charge is 2.35. The quantitative estimate of drug-likeness (QED) is 0.176. The molecule has 0 radical (unpaired) electrons. The molecule has 1 fully saturated rings. The summed E-state index contributed by atoms with van der Waals surface area (Å²) in [7, 11) is 1.05. The summed E-state index contributed by atoms with van der Waals surface area (Å²) >= 11 is 2.06. The number of carbonyl (C=O) groups excluding carboxylic acids is 1. The van der Waals surface area contributed by atoms with Crippen LogP contribution in [0.5, 0.6) is 0 Å². The summed E-state index contributed by atoms with van der Waals surface area (Å²) in [5, 5.41) is 11.5. The number of nitrogens with one attached hydrogen (secondary N) is 1. The van der Waals surface area contributed by atoms with Crippen molar-refractivity contribution in [2.45, 2.75) is 49.0 Å². The number of nitrogens with zero attached hydrogens (tertiary/aromatic N) is 2. The van der Waals surface area contributed by atoms with E-state index in [1.54, 1.807) is 0 Å². The Kier molecular flexibility index (Phi) is 9.53. The summed E-state index contributed by atoms with van der Waals surface area (Å²) in [5.74, 6) is -11.3. The van der Waals surface area contributed by atoms with Crippen LogP contribution >= 0.6 is 23.1 Å². The molecule has 1 atom stereocenters. The molecule has 198 valence electrons. The van der Waals surface area contributed by atoms with Crippen LogP contribution in [0.3, 0.4) is 0 Å². The normalized spacial score (nSPS) is 18.6. The minimum Gasteiger partial charge on any atom is -0.481 e. The molecule has 0 spiro atoms. The van der Waals surface area contributed by atoms with Gasteiger partial charge in [0.05, 0.1) is 28.3 Å². The average molecular weight is 554 g/mol. The van der Waals surface area contributed by atoms with E-state index in [2.05, 4.69) is 17.2 Å². The summed E-state index contributed by atoms with van der Waals surface area (Å²) in [4.78, 5) is 29.3. The molecule has 1 aromatic carbocycles. The van der Waals surface area contributed by atoms with E-state index < -0.39 is 59.3 Å². The number of ether oxygens (including phenoxy) is 1. The Morgan fingerprint density at radius 3 is 2.28 bits per heavy atom. The Morgan fingerprint density at radius 1 is 1.14 bits per heavy atom. The number of thioether (sulfide) groups is 1. The lowest BCUT2D eigenvalue weighted by molar-refractivity contribution is -0.133. The van der Waals surface area contributed by atoms with Gasteiger partial charge in [0, 0.05) is 13.2 Å². The molecule has 2 aromatic rings. The number of amides is 2. The van der Waals surface area contributed by atoms with Crippen LogP contribution in [0, 0.1) is 35.0 Å². The number of carbonyl (C=O) groups is 2. The van der Waals surface area contributed by atoms with E-state index >= 15 is 0 Å². The molecule has 3 rings (SSSR count). The first kappa shape index (κ1) is 28.1. The number of urea groups is 1. The van der Waals surface area contributed by atoms with Crippen molar-refractivity contribution in [2.24, 2.45) is 5.92 Å². The summed E-state index contributed by atoms with van der Waals surface area (Å²) in [6.07, 6.45) is 2.45. The van der Waals surface area contributed by atoms with E-state index in [-0.39, 0.29) is 16.9 Å². The van der Waals surface area contributed by atoms with Gasteiger partial charge in [0.25, 0.3) is 0 Å². The zero-order chi connectivity index (χ0) is 26.6. The number of aliphatic carboxylic acids is 1. The molecule has 1 unspecified atom stereocenters. The van der Waals surface area contributed by atoms with Crippen LogP contribution in [-0.2, 0) is 9.53 Å². The standard InChI is InChI=1S/C22H24F5N3O4S2/c1-10-3-5-11(6-4-10)30(22(33)29-21-28-7-14(36-21)35-9-13(31)32)8-12(34-2)15-16(23)18(25)20(27)19(26)17(15)24/h7,10-12H,3-6,8-9H2,1-2H3,(H,31,32)(H,28,29,33). The van der Waals surface area contributed by atoms with Crippen molar-refractivity contribution in [1.29, 1.82) is 0 Å². The number of hydrogen-bond acceptors (Lipinski definition) is 6.